The molecule has 0 spiro atoms. The molecule has 0 radical (unpaired) electrons. The van der Waals surface area contributed by atoms with Gasteiger partial charge in [-0.1, -0.05) is 0 Å². The summed E-state index contributed by atoms with van der Waals surface area (Å²) >= 11 is 0. The van der Waals surface area contributed by atoms with Gasteiger partial charge in [-0.15, -0.1) is 0 Å². The smallest absolute Gasteiger partial charge is 0.246 e. The van der Waals surface area contributed by atoms with Crippen molar-refractivity contribution < 1.29 is 17.6 Å². The normalized spacial score (nSPS) is 12.0. The number of nitrogens with two attached hydrogens (primary N) is 1. The summed E-state index contributed by atoms with van der Waals surface area (Å²) in [6.45, 7) is 4.55. The molecule has 0 aliphatic rings. The molecule has 0 saturated heterocycles. The quantitative estimate of drug-likeness (QED) is 0.788. The molecular formula is C13H20FN3O3S. The largest absolute Gasteiger partial charge is 0.399 e. The fourth-order valence-corrected chi connectivity index (χ4v) is 3.07. The van der Waals surface area contributed by atoms with Crippen molar-refractivity contribution in [1.29, 1.82) is 0 Å². The third kappa shape index (κ3) is 4.15. The fourth-order valence-electron chi connectivity index (χ4n) is 1.77. The summed E-state index contributed by atoms with van der Waals surface area (Å²) in [6.07, 6.45) is 0. The maximum absolute atomic E-state index is 14.0. The Morgan fingerprint density at radius 1 is 1.43 bits per heavy atom. The van der Waals surface area contributed by atoms with Gasteiger partial charge in [0.05, 0.1) is 6.54 Å². The second kappa shape index (κ2) is 6.40. The number of halogens is 1. The molecule has 21 heavy (non-hydrogen) atoms. The summed E-state index contributed by atoms with van der Waals surface area (Å²) < 4.78 is 39.5. The SMILES string of the molecule is Cc1cc(N)cc(S(=O)(=O)N(C)CC(=O)NC(C)C)c1F. The Bertz CT molecular complexity index is 644. The van der Waals surface area contributed by atoms with Crippen molar-refractivity contribution in [2.45, 2.75) is 31.7 Å². The highest BCUT2D eigenvalue weighted by molar-refractivity contribution is 7.89. The third-order valence-electron chi connectivity index (χ3n) is 2.75. The highest BCUT2D eigenvalue weighted by Gasteiger charge is 2.27. The van der Waals surface area contributed by atoms with Crippen LogP contribution >= 0.6 is 0 Å². The Morgan fingerprint density at radius 3 is 2.52 bits per heavy atom. The van der Waals surface area contributed by atoms with Crippen molar-refractivity contribution in [1.82, 2.24) is 9.62 Å². The molecule has 1 aromatic carbocycles. The maximum Gasteiger partial charge on any atom is 0.246 e. The Labute approximate surface area is 124 Å². The van der Waals surface area contributed by atoms with Gasteiger partial charge in [0.25, 0.3) is 0 Å². The lowest BCUT2D eigenvalue weighted by atomic mass is 10.2. The number of hydrogen-bond acceptors (Lipinski definition) is 4. The molecule has 0 unspecified atom stereocenters. The molecule has 0 aliphatic heterocycles. The Morgan fingerprint density at radius 2 is 2.00 bits per heavy atom. The number of nitrogens with one attached hydrogen (secondary N) is 1. The number of carbonyl (C=O) groups is 1. The number of benzene rings is 1. The molecule has 0 aromatic heterocycles. The lowest BCUT2D eigenvalue weighted by Crippen LogP contribution is -2.41. The van der Waals surface area contributed by atoms with Crippen LogP contribution in [0.1, 0.15) is 19.4 Å². The summed E-state index contributed by atoms with van der Waals surface area (Å²) in [5.74, 6) is -1.32. The topological polar surface area (TPSA) is 92.5 Å². The third-order valence-corrected chi connectivity index (χ3v) is 4.55. The molecule has 0 aliphatic carbocycles. The molecule has 0 fully saturated rings. The van der Waals surface area contributed by atoms with Crippen LogP contribution in [0.15, 0.2) is 17.0 Å². The van der Waals surface area contributed by atoms with Crippen LogP contribution in [0.25, 0.3) is 0 Å². The minimum Gasteiger partial charge on any atom is -0.399 e. The highest BCUT2D eigenvalue weighted by Crippen LogP contribution is 2.23. The van der Waals surface area contributed by atoms with Gasteiger partial charge in [0.2, 0.25) is 15.9 Å². The molecule has 118 valence electrons. The maximum atomic E-state index is 14.0. The predicted octanol–water partition coefficient (Wildman–Crippen LogP) is 0.861. The summed E-state index contributed by atoms with van der Waals surface area (Å²) in [7, 11) is -2.91. The molecule has 0 atom stereocenters. The van der Waals surface area contributed by atoms with Crippen LogP contribution in [0.2, 0.25) is 0 Å². The summed E-state index contributed by atoms with van der Waals surface area (Å²) in [6, 6.07) is 2.29. The number of likely N-dealkylation sites (N-methyl/N-ethyl adjacent to an activating group) is 1. The van der Waals surface area contributed by atoms with Crippen molar-refractivity contribution in [2.75, 3.05) is 19.3 Å². The van der Waals surface area contributed by atoms with Gasteiger partial charge in [-0.05, 0) is 38.5 Å². The number of anilines is 1. The Balaban J connectivity index is 3.09. The van der Waals surface area contributed by atoms with Crippen LogP contribution in [0.5, 0.6) is 0 Å². The van der Waals surface area contributed by atoms with E-state index in [0.29, 0.717) is 0 Å². The van der Waals surface area contributed by atoms with Gasteiger partial charge in [0.15, 0.2) is 0 Å². The second-order valence-corrected chi connectivity index (χ2v) is 7.15. The molecule has 3 N–H and O–H groups in total. The first-order chi connectivity index (χ1) is 9.55. The standard InChI is InChI=1S/C13H20FN3O3S/c1-8(2)16-12(18)7-17(4)21(19,20)11-6-10(15)5-9(3)13(11)14/h5-6,8H,7,15H2,1-4H3,(H,16,18). The number of amides is 1. The number of aryl methyl sites for hydroxylation is 1. The van der Waals surface area contributed by atoms with E-state index >= 15 is 0 Å². The number of nitrogen functional groups attached to an aromatic ring is 1. The van der Waals surface area contributed by atoms with E-state index in [-0.39, 0.29) is 17.3 Å². The van der Waals surface area contributed by atoms with E-state index in [9.17, 15) is 17.6 Å². The van der Waals surface area contributed by atoms with Gasteiger partial charge < -0.3 is 11.1 Å². The zero-order valence-corrected chi connectivity index (χ0v) is 13.3. The van der Waals surface area contributed by atoms with Gasteiger partial charge in [-0.3, -0.25) is 4.79 Å². The molecule has 0 saturated carbocycles. The molecule has 1 amide bonds. The average Bonchev–Trinajstić information content (AvgIpc) is 2.32. The van der Waals surface area contributed by atoms with Gasteiger partial charge in [0.1, 0.15) is 10.7 Å². The molecule has 0 bridgehead atoms. The van der Waals surface area contributed by atoms with E-state index in [0.717, 1.165) is 10.4 Å². The Kier molecular flexibility index (Phi) is 5.30. The first kappa shape index (κ1) is 17.4. The average molecular weight is 317 g/mol. The van der Waals surface area contributed by atoms with E-state index in [1.807, 2.05) is 0 Å². The molecule has 6 nitrogen and oxygen atoms in total. The van der Waals surface area contributed by atoms with Crippen molar-refractivity contribution in [3.63, 3.8) is 0 Å². The van der Waals surface area contributed by atoms with Gasteiger partial charge in [0, 0.05) is 18.8 Å². The lowest BCUT2D eigenvalue weighted by molar-refractivity contribution is -0.121. The second-order valence-electron chi connectivity index (χ2n) is 5.13. The van der Waals surface area contributed by atoms with Crippen LogP contribution in [-0.2, 0) is 14.8 Å². The minimum atomic E-state index is -4.13. The molecule has 1 aromatic rings. The Hall–Kier alpha value is -1.67. The number of nitrogens with zero attached hydrogens (tertiary/aromatic N) is 1. The van der Waals surface area contributed by atoms with Gasteiger partial charge in [-0.25, -0.2) is 12.8 Å². The van der Waals surface area contributed by atoms with Crippen molar-refractivity contribution in [2.24, 2.45) is 0 Å². The lowest BCUT2D eigenvalue weighted by Gasteiger charge is -2.19. The van der Waals surface area contributed by atoms with Crippen molar-refractivity contribution in [3.05, 3.63) is 23.5 Å². The number of sulfonamides is 1. The first-order valence-electron chi connectivity index (χ1n) is 6.37. The van der Waals surface area contributed by atoms with Gasteiger partial charge >= 0.3 is 0 Å². The number of hydrogen-bond donors (Lipinski definition) is 2. The molecule has 1 rings (SSSR count). The van der Waals surface area contributed by atoms with Crippen LogP contribution in [0, 0.1) is 12.7 Å². The van der Waals surface area contributed by atoms with E-state index in [2.05, 4.69) is 5.32 Å². The zero-order chi connectivity index (χ0) is 16.4. The summed E-state index contributed by atoms with van der Waals surface area (Å²) in [5, 5.41) is 2.57. The molecule has 0 heterocycles. The van der Waals surface area contributed by atoms with Crippen LogP contribution in [-0.4, -0.2) is 38.3 Å². The fraction of sp³-hybridized carbons (Fsp3) is 0.462. The van der Waals surface area contributed by atoms with Crippen LogP contribution in [0.3, 0.4) is 0 Å². The zero-order valence-electron chi connectivity index (χ0n) is 12.5. The predicted molar refractivity (Wildman–Crippen MR) is 78.6 cm³/mol. The van der Waals surface area contributed by atoms with Crippen LogP contribution < -0.4 is 11.1 Å². The van der Waals surface area contributed by atoms with E-state index in [1.165, 1.54) is 20.0 Å². The van der Waals surface area contributed by atoms with Crippen molar-refractivity contribution in [3.8, 4) is 0 Å². The highest BCUT2D eigenvalue weighted by atomic mass is 32.2. The van der Waals surface area contributed by atoms with Crippen molar-refractivity contribution >= 4 is 21.6 Å². The van der Waals surface area contributed by atoms with Gasteiger partial charge in [-0.2, -0.15) is 4.31 Å². The number of carbonyl (C=O) groups excluding carboxylic acids is 1. The van der Waals surface area contributed by atoms with E-state index in [1.54, 1.807) is 13.8 Å². The summed E-state index contributed by atoms with van der Waals surface area (Å²) in [5.41, 5.74) is 5.84. The first-order valence-corrected chi connectivity index (χ1v) is 7.81. The summed E-state index contributed by atoms with van der Waals surface area (Å²) in [4.78, 5) is 11.1. The molecular weight excluding hydrogens is 297 g/mol. The van der Waals surface area contributed by atoms with Crippen LogP contribution in [0.4, 0.5) is 10.1 Å². The molecule has 8 heteroatoms. The number of rotatable bonds is 5. The monoisotopic (exact) mass is 317 g/mol. The van der Waals surface area contributed by atoms with E-state index < -0.39 is 33.2 Å². The van der Waals surface area contributed by atoms with E-state index in [4.69, 9.17) is 5.73 Å². The minimum absolute atomic E-state index is 0.111.